The fourth-order valence-electron chi connectivity index (χ4n) is 2.77. The number of esters is 1. The molecule has 146 valence electrons. The number of nitrogens with zero attached hydrogens (tertiary/aromatic N) is 1. The van der Waals surface area contributed by atoms with Gasteiger partial charge in [-0.15, -0.1) is 11.8 Å². The van der Waals surface area contributed by atoms with E-state index in [1.807, 2.05) is 52.0 Å². The lowest BCUT2D eigenvalue weighted by molar-refractivity contribution is -0.144. The topological polar surface area (TPSA) is 68.3 Å². The van der Waals surface area contributed by atoms with Gasteiger partial charge in [-0.2, -0.15) is 0 Å². The van der Waals surface area contributed by atoms with Crippen molar-refractivity contribution in [3.63, 3.8) is 0 Å². The molecule has 1 heterocycles. The maximum atomic E-state index is 12.1. The van der Waals surface area contributed by atoms with E-state index in [-0.39, 0.29) is 12.4 Å². The molecule has 2 aromatic carbocycles. The highest BCUT2D eigenvalue weighted by Gasteiger charge is 2.13. The number of hydrogen-bond acceptors (Lipinski definition) is 6. The summed E-state index contributed by atoms with van der Waals surface area (Å²) < 4.78 is 6.11. The zero-order valence-electron chi connectivity index (χ0n) is 16.3. The number of aromatic nitrogens is 1. The van der Waals surface area contributed by atoms with Gasteiger partial charge < -0.3 is 4.74 Å². The van der Waals surface area contributed by atoms with Crippen molar-refractivity contribution in [1.29, 1.82) is 0 Å². The van der Waals surface area contributed by atoms with Crippen LogP contribution >= 0.6 is 23.1 Å². The molecule has 3 aromatic rings. The lowest BCUT2D eigenvalue weighted by Gasteiger charge is -2.07. The van der Waals surface area contributed by atoms with E-state index in [0.717, 1.165) is 37.4 Å². The van der Waals surface area contributed by atoms with E-state index in [2.05, 4.69) is 16.4 Å². The molecule has 3 rings (SSSR count). The first kappa shape index (κ1) is 20.4. The highest BCUT2D eigenvalue weighted by atomic mass is 32.2. The lowest BCUT2D eigenvalue weighted by Crippen LogP contribution is -2.21. The van der Waals surface area contributed by atoms with E-state index in [0.29, 0.717) is 5.13 Å². The maximum absolute atomic E-state index is 12.1. The molecule has 0 aliphatic rings. The summed E-state index contributed by atoms with van der Waals surface area (Å²) in [6.45, 7) is 7.72. The van der Waals surface area contributed by atoms with Gasteiger partial charge in [0.2, 0.25) is 0 Å². The molecule has 0 saturated heterocycles. The Hall–Kier alpha value is -2.38. The molecule has 0 fully saturated rings. The van der Waals surface area contributed by atoms with Gasteiger partial charge in [-0.05, 0) is 56.5 Å². The van der Waals surface area contributed by atoms with Crippen molar-refractivity contribution in [2.24, 2.45) is 0 Å². The third-order valence-corrected chi connectivity index (χ3v) is 6.18. The van der Waals surface area contributed by atoms with Crippen LogP contribution in [0.2, 0.25) is 0 Å². The Bertz CT molecular complexity index is 1040. The van der Waals surface area contributed by atoms with E-state index >= 15 is 0 Å². The van der Waals surface area contributed by atoms with Crippen LogP contribution in [0.4, 0.5) is 5.13 Å². The second-order valence-electron chi connectivity index (χ2n) is 6.71. The number of thioether (sulfide) groups is 1. The minimum Gasteiger partial charge on any atom is -0.455 e. The number of ether oxygens (including phenoxy) is 1. The van der Waals surface area contributed by atoms with Gasteiger partial charge in [-0.25, -0.2) is 4.98 Å². The number of nitrogens with one attached hydrogen (secondary N) is 1. The maximum Gasteiger partial charge on any atom is 0.316 e. The monoisotopic (exact) mass is 414 g/mol. The summed E-state index contributed by atoms with van der Waals surface area (Å²) in [5.74, 6) is -0.646. The largest absolute Gasteiger partial charge is 0.455 e. The number of hydrogen-bond donors (Lipinski definition) is 1. The van der Waals surface area contributed by atoms with E-state index in [9.17, 15) is 9.59 Å². The smallest absolute Gasteiger partial charge is 0.316 e. The van der Waals surface area contributed by atoms with Crippen molar-refractivity contribution in [2.45, 2.75) is 32.6 Å². The average Bonchev–Trinajstić information content (AvgIpc) is 3.03. The Morgan fingerprint density at radius 2 is 1.86 bits per heavy atom. The fourth-order valence-corrected chi connectivity index (χ4v) is 4.75. The summed E-state index contributed by atoms with van der Waals surface area (Å²) in [5, 5.41) is 3.22. The predicted molar refractivity (Wildman–Crippen MR) is 115 cm³/mol. The highest BCUT2D eigenvalue weighted by Crippen LogP contribution is 2.29. The molecule has 0 unspecified atom stereocenters. The molecular weight excluding hydrogens is 392 g/mol. The first-order valence-electron chi connectivity index (χ1n) is 8.85. The summed E-state index contributed by atoms with van der Waals surface area (Å²) >= 11 is 2.83. The Morgan fingerprint density at radius 1 is 1.07 bits per heavy atom. The molecule has 28 heavy (non-hydrogen) atoms. The third-order valence-electron chi connectivity index (χ3n) is 4.13. The average molecular weight is 415 g/mol. The van der Waals surface area contributed by atoms with E-state index in [4.69, 9.17) is 4.74 Å². The number of thiazole rings is 1. The summed E-state index contributed by atoms with van der Waals surface area (Å²) in [4.78, 5) is 29.5. The second-order valence-corrected chi connectivity index (χ2v) is 8.76. The zero-order valence-corrected chi connectivity index (χ0v) is 17.9. The summed E-state index contributed by atoms with van der Waals surface area (Å²) in [7, 11) is 0. The van der Waals surface area contributed by atoms with Crippen LogP contribution in [0.25, 0.3) is 10.2 Å². The third kappa shape index (κ3) is 5.11. The molecule has 1 N–H and O–H groups in total. The van der Waals surface area contributed by atoms with Gasteiger partial charge in [0.15, 0.2) is 11.7 Å². The number of benzene rings is 2. The molecule has 0 atom stereocenters. The molecule has 7 heteroatoms. The van der Waals surface area contributed by atoms with Crippen molar-refractivity contribution in [2.75, 3.05) is 17.7 Å². The quantitative estimate of drug-likeness (QED) is 0.463. The molecule has 0 saturated carbocycles. The normalized spacial score (nSPS) is 10.9. The Labute approximate surface area is 172 Å². The molecule has 1 amide bonds. The van der Waals surface area contributed by atoms with Crippen LogP contribution in [0, 0.1) is 27.7 Å². The molecule has 0 aliphatic heterocycles. The van der Waals surface area contributed by atoms with Crippen LogP contribution in [0.3, 0.4) is 0 Å². The van der Waals surface area contributed by atoms with Crippen LogP contribution < -0.4 is 5.32 Å². The molecule has 5 nitrogen and oxygen atoms in total. The molecular formula is C21H22N2O3S2. The van der Waals surface area contributed by atoms with Crippen LogP contribution in [0.5, 0.6) is 0 Å². The van der Waals surface area contributed by atoms with E-state index < -0.39 is 11.9 Å². The van der Waals surface area contributed by atoms with Crippen molar-refractivity contribution < 1.29 is 14.3 Å². The van der Waals surface area contributed by atoms with Crippen LogP contribution in [0.15, 0.2) is 35.2 Å². The van der Waals surface area contributed by atoms with Crippen LogP contribution in [0.1, 0.15) is 22.3 Å². The van der Waals surface area contributed by atoms with Crippen molar-refractivity contribution in [3.8, 4) is 0 Å². The number of carbonyl (C=O) groups excluding carboxylic acids is 2. The minimum atomic E-state index is -0.420. The van der Waals surface area contributed by atoms with Gasteiger partial charge in [0, 0.05) is 4.90 Å². The van der Waals surface area contributed by atoms with E-state index in [1.54, 1.807) is 0 Å². The van der Waals surface area contributed by atoms with Gasteiger partial charge in [0.1, 0.15) is 0 Å². The fraction of sp³-hybridized carbons (Fsp3) is 0.286. The molecule has 0 spiro atoms. The van der Waals surface area contributed by atoms with Gasteiger partial charge in [-0.1, -0.05) is 35.1 Å². The van der Waals surface area contributed by atoms with Crippen molar-refractivity contribution in [3.05, 3.63) is 52.6 Å². The Kier molecular flexibility index (Phi) is 6.36. The van der Waals surface area contributed by atoms with E-state index in [1.165, 1.54) is 23.1 Å². The molecule has 0 bridgehead atoms. The number of amides is 1. The molecule has 1 aromatic heterocycles. The second kappa shape index (κ2) is 8.75. The lowest BCUT2D eigenvalue weighted by atomic mass is 10.1. The number of anilines is 1. The number of rotatable bonds is 6. The number of fused-ring (bicyclic) bond motifs is 1. The van der Waals surface area contributed by atoms with Gasteiger partial charge in [-0.3, -0.25) is 14.9 Å². The number of carbonyl (C=O) groups is 2. The zero-order chi connectivity index (χ0) is 20.3. The van der Waals surface area contributed by atoms with Crippen molar-refractivity contribution in [1.82, 2.24) is 4.98 Å². The van der Waals surface area contributed by atoms with Crippen LogP contribution in [-0.4, -0.2) is 29.2 Å². The first-order valence-corrected chi connectivity index (χ1v) is 10.7. The minimum absolute atomic E-state index is 0.164. The summed E-state index contributed by atoms with van der Waals surface area (Å²) in [6.07, 6.45) is 0. The summed E-state index contributed by atoms with van der Waals surface area (Å²) in [5.41, 5.74) is 5.36. The Morgan fingerprint density at radius 3 is 2.64 bits per heavy atom. The first-order chi connectivity index (χ1) is 13.3. The Balaban J connectivity index is 1.50. The highest BCUT2D eigenvalue weighted by molar-refractivity contribution is 8.00. The van der Waals surface area contributed by atoms with Gasteiger partial charge in [0.25, 0.3) is 5.91 Å². The van der Waals surface area contributed by atoms with Gasteiger partial charge in [0.05, 0.1) is 16.0 Å². The van der Waals surface area contributed by atoms with Gasteiger partial charge >= 0.3 is 5.97 Å². The standard InChI is InChI=1S/C21H22N2O3S2/c1-12-5-6-14(3)16(8-12)27-11-19(25)26-10-18(24)22-21-23-20-15(4)7-13(2)9-17(20)28-21/h5-9H,10-11H2,1-4H3,(H,22,23,24). The molecule has 0 radical (unpaired) electrons. The molecule has 0 aliphatic carbocycles. The number of aryl methyl sites for hydroxylation is 4. The SMILES string of the molecule is Cc1ccc(C)c(SCC(=O)OCC(=O)Nc2nc3c(C)cc(C)cc3s2)c1. The van der Waals surface area contributed by atoms with Crippen LogP contribution in [-0.2, 0) is 14.3 Å². The van der Waals surface area contributed by atoms with Crippen molar-refractivity contribution >= 4 is 50.3 Å². The predicted octanol–water partition coefficient (Wildman–Crippen LogP) is 4.80. The summed E-state index contributed by atoms with van der Waals surface area (Å²) in [6, 6.07) is 10.2.